The highest BCUT2D eigenvalue weighted by Gasteiger charge is 2.34. The fourth-order valence-electron chi connectivity index (χ4n) is 4.33. The molecule has 3 aromatic rings. The van der Waals surface area contributed by atoms with Crippen LogP contribution in [-0.4, -0.2) is 45.1 Å². The summed E-state index contributed by atoms with van der Waals surface area (Å²) in [7, 11) is 4.66. The largest absolute Gasteiger partial charge is 0.493 e. The number of nitrogens with zero attached hydrogens (tertiary/aromatic N) is 2. The zero-order valence-corrected chi connectivity index (χ0v) is 23.0. The summed E-state index contributed by atoms with van der Waals surface area (Å²) in [6.07, 6.45) is 1.78. The van der Waals surface area contributed by atoms with Crippen molar-refractivity contribution >= 4 is 23.4 Å². The number of fused-ring (bicyclic) bond motifs is 1. The van der Waals surface area contributed by atoms with Gasteiger partial charge in [-0.3, -0.25) is 9.36 Å². The number of thiazole rings is 1. The lowest BCUT2D eigenvalue weighted by atomic mass is 9.95. The van der Waals surface area contributed by atoms with E-state index in [-0.39, 0.29) is 12.2 Å². The Kier molecular flexibility index (Phi) is 8.21. The van der Waals surface area contributed by atoms with Gasteiger partial charge in [0.25, 0.3) is 5.56 Å². The minimum absolute atomic E-state index is 0.193. The molecule has 1 aliphatic rings. The third-order valence-corrected chi connectivity index (χ3v) is 7.01. The van der Waals surface area contributed by atoms with Crippen LogP contribution in [0.25, 0.3) is 6.08 Å². The number of rotatable bonds is 9. The van der Waals surface area contributed by atoms with Crippen LogP contribution in [0.1, 0.15) is 37.9 Å². The number of methoxy groups -OCH3 is 3. The predicted molar refractivity (Wildman–Crippen MR) is 144 cm³/mol. The average Bonchev–Trinajstić information content (AvgIpc) is 3.21. The molecule has 38 heavy (non-hydrogen) atoms. The minimum atomic E-state index is -0.762. The molecule has 1 aromatic heterocycles. The quantitative estimate of drug-likeness (QED) is 0.386. The van der Waals surface area contributed by atoms with Gasteiger partial charge in [0.2, 0.25) is 0 Å². The van der Waals surface area contributed by atoms with Gasteiger partial charge in [-0.15, -0.1) is 0 Å². The molecule has 0 amide bonds. The molecule has 0 bridgehead atoms. The third-order valence-electron chi connectivity index (χ3n) is 6.03. The molecule has 2 aromatic carbocycles. The Morgan fingerprint density at radius 2 is 1.66 bits per heavy atom. The number of aromatic nitrogens is 1. The van der Waals surface area contributed by atoms with Crippen molar-refractivity contribution < 1.29 is 28.5 Å². The van der Waals surface area contributed by atoms with E-state index in [1.807, 2.05) is 19.1 Å². The first-order chi connectivity index (χ1) is 18.4. The Bertz CT molecular complexity index is 1570. The van der Waals surface area contributed by atoms with Crippen LogP contribution in [0.15, 0.2) is 57.5 Å². The van der Waals surface area contributed by atoms with E-state index in [4.69, 9.17) is 23.7 Å². The van der Waals surface area contributed by atoms with E-state index >= 15 is 0 Å². The Hall–Kier alpha value is -4.05. The second-order valence-corrected chi connectivity index (χ2v) is 9.27. The molecule has 1 atom stereocenters. The van der Waals surface area contributed by atoms with Gasteiger partial charge in [0.05, 0.1) is 56.4 Å². The van der Waals surface area contributed by atoms with Crippen LogP contribution in [0.4, 0.5) is 0 Å². The van der Waals surface area contributed by atoms with Crippen molar-refractivity contribution in [2.75, 3.05) is 34.5 Å². The Labute approximate surface area is 224 Å². The number of hydrogen-bond donors (Lipinski definition) is 0. The minimum Gasteiger partial charge on any atom is -0.493 e. The van der Waals surface area contributed by atoms with E-state index in [0.717, 1.165) is 5.56 Å². The fourth-order valence-corrected chi connectivity index (χ4v) is 5.38. The van der Waals surface area contributed by atoms with Crippen molar-refractivity contribution in [3.05, 3.63) is 78.5 Å². The van der Waals surface area contributed by atoms with Gasteiger partial charge < -0.3 is 23.7 Å². The van der Waals surface area contributed by atoms with E-state index < -0.39 is 12.0 Å². The number of carbonyl (C=O) groups excluding carboxylic acids is 1. The third kappa shape index (κ3) is 5.04. The highest BCUT2D eigenvalue weighted by Crippen LogP contribution is 2.36. The molecule has 0 saturated heterocycles. The van der Waals surface area contributed by atoms with Gasteiger partial charge in [0.1, 0.15) is 0 Å². The lowest BCUT2D eigenvalue weighted by Gasteiger charge is -2.25. The molecule has 4 rings (SSSR count). The van der Waals surface area contributed by atoms with Gasteiger partial charge in [-0.2, -0.15) is 0 Å². The molecule has 0 aliphatic carbocycles. The fraction of sp³-hybridized carbons (Fsp3) is 0.321. The maximum atomic E-state index is 13.8. The van der Waals surface area contributed by atoms with Crippen LogP contribution < -0.4 is 33.8 Å². The smallest absolute Gasteiger partial charge is 0.338 e. The molecule has 0 saturated carbocycles. The number of esters is 1. The first-order valence-electron chi connectivity index (χ1n) is 12.1. The molecule has 0 unspecified atom stereocenters. The number of benzene rings is 2. The van der Waals surface area contributed by atoms with Crippen molar-refractivity contribution in [1.29, 1.82) is 0 Å². The summed E-state index contributed by atoms with van der Waals surface area (Å²) in [6, 6.07) is 10.0. The van der Waals surface area contributed by atoms with Gasteiger partial charge >= 0.3 is 5.97 Å². The maximum Gasteiger partial charge on any atom is 0.338 e. The maximum absolute atomic E-state index is 13.8. The topological polar surface area (TPSA) is 97.6 Å². The zero-order valence-electron chi connectivity index (χ0n) is 22.2. The highest BCUT2D eigenvalue weighted by molar-refractivity contribution is 7.07. The normalized spacial score (nSPS) is 15.0. The lowest BCUT2D eigenvalue weighted by molar-refractivity contribution is -0.139. The first-order valence-corrected chi connectivity index (χ1v) is 12.9. The molecule has 0 radical (unpaired) electrons. The summed E-state index contributed by atoms with van der Waals surface area (Å²) in [5, 5.41) is 0. The van der Waals surface area contributed by atoms with Crippen molar-refractivity contribution in [2.45, 2.75) is 26.8 Å². The second kappa shape index (κ2) is 11.6. The van der Waals surface area contributed by atoms with Gasteiger partial charge in [-0.25, -0.2) is 9.79 Å². The number of hydrogen-bond acceptors (Lipinski definition) is 9. The van der Waals surface area contributed by atoms with Crippen LogP contribution in [0.3, 0.4) is 0 Å². The summed E-state index contributed by atoms with van der Waals surface area (Å²) in [5.74, 6) is 1.67. The Morgan fingerprint density at radius 1 is 0.974 bits per heavy atom. The molecule has 0 N–H and O–H groups in total. The van der Waals surface area contributed by atoms with Crippen molar-refractivity contribution in [1.82, 2.24) is 4.57 Å². The average molecular weight is 539 g/mol. The van der Waals surface area contributed by atoms with Gasteiger partial charge in [0, 0.05) is 0 Å². The molecular formula is C28H30N2O7S. The highest BCUT2D eigenvalue weighted by atomic mass is 32.1. The van der Waals surface area contributed by atoms with E-state index in [9.17, 15) is 9.59 Å². The van der Waals surface area contributed by atoms with Gasteiger partial charge in [-0.05, 0) is 62.2 Å². The van der Waals surface area contributed by atoms with E-state index in [1.165, 1.54) is 23.0 Å². The van der Waals surface area contributed by atoms with Crippen LogP contribution in [0, 0.1) is 0 Å². The van der Waals surface area contributed by atoms with Crippen LogP contribution >= 0.6 is 11.3 Å². The Morgan fingerprint density at radius 3 is 2.32 bits per heavy atom. The number of ether oxygens (including phenoxy) is 5. The standard InChI is InChI=1S/C28H30N2O7S/c1-7-36-22-13-17(9-11-20(22)34-5)14-23-26(31)30-25(18-10-12-19(33-4)21(15-18)35-6)24(27(32)37-8-2)16(3)29-28(30)38-23/h9-15,25H,7-8H2,1-6H3/b23-14-/t25-/m0/s1. The molecule has 2 heterocycles. The van der Waals surface area contributed by atoms with Gasteiger partial charge in [0.15, 0.2) is 27.8 Å². The van der Waals surface area contributed by atoms with Crippen LogP contribution in [-0.2, 0) is 9.53 Å². The van der Waals surface area contributed by atoms with Gasteiger partial charge in [-0.1, -0.05) is 23.5 Å². The second-order valence-electron chi connectivity index (χ2n) is 8.26. The molecule has 0 fully saturated rings. The van der Waals surface area contributed by atoms with Crippen LogP contribution in [0.2, 0.25) is 0 Å². The summed E-state index contributed by atoms with van der Waals surface area (Å²) in [6.45, 7) is 6.04. The molecular weight excluding hydrogens is 508 g/mol. The summed E-state index contributed by atoms with van der Waals surface area (Å²) < 4.78 is 29.3. The van der Waals surface area contributed by atoms with E-state index in [0.29, 0.717) is 55.8 Å². The Balaban J connectivity index is 1.93. The molecule has 10 heteroatoms. The van der Waals surface area contributed by atoms with Crippen molar-refractivity contribution in [3.8, 4) is 23.0 Å². The summed E-state index contributed by atoms with van der Waals surface area (Å²) in [5.41, 5.74) is 1.93. The molecule has 0 spiro atoms. The van der Waals surface area contributed by atoms with Crippen LogP contribution in [0.5, 0.6) is 23.0 Å². The monoisotopic (exact) mass is 538 g/mol. The first kappa shape index (κ1) is 27.0. The number of allylic oxidation sites excluding steroid dienone is 1. The predicted octanol–water partition coefficient (Wildman–Crippen LogP) is 3.22. The zero-order chi connectivity index (χ0) is 27.4. The van der Waals surface area contributed by atoms with Crippen molar-refractivity contribution in [3.63, 3.8) is 0 Å². The molecule has 9 nitrogen and oxygen atoms in total. The summed E-state index contributed by atoms with van der Waals surface area (Å²) >= 11 is 1.25. The molecule has 200 valence electrons. The lowest BCUT2D eigenvalue weighted by Crippen LogP contribution is -2.39. The molecule has 1 aliphatic heterocycles. The summed E-state index contributed by atoms with van der Waals surface area (Å²) in [4.78, 5) is 32.0. The van der Waals surface area contributed by atoms with E-state index in [2.05, 4.69) is 4.99 Å². The SMILES string of the molecule is CCOC(=O)C1=C(C)N=c2s/c(=C\c3ccc(OC)c(OCC)c3)c(=O)n2[C@H]1c1ccc(OC)c(OC)c1. The van der Waals surface area contributed by atoms with Crippen molar-refractivity contribution in [2.24, 2.45) is 4.99 Å². The number of carbonyl (C=O) groups is 1. The van der Waals surface area contributed by atoms with E-state index in [1.54, 1.807) is 58.4 Å².